The van der Waals surface area contributed by atoms with Crippen LogP contribution in [0.15, 0.2) is 17.0 Å². The zero-order chi connectivity index (χ0) is 12.4. The number of anilines is 1. The van der Waals surface area contributed by atoms with E-state index in [4.69, 9.17) is 4.52 Å². The number of nitrogens with zero attached hydrogens (tertiary/aromatic N) is 3. The molecule has 3 rings (SSSR count). The highest BCUT2D eigenvalue weighted by Crippen LogP contribution is 2.28. The Labute approximate surface area is 104 Å². The lowest BCUT2D eigenvalue weighted by atomic mass is 9.85. The number of rotatable bonds is 3. The molecule has 2 N–H and O–H groups in total. The van der Waals surface area contributed by atoms with Crippen molar-refractivity contribution in [2.75, 3.05) is 11.9 Å². The van der Waals surface area contributed by atoms with Gasteiger partial charge in [0.25, 0.3) is 5.71 Å². The van der Waals surface area contributed by atoms with E-state index in [9.17, 15) is 5.11 Å². The fourth-order valence-corrected chi connectivity index (χ4v) is 2.47. The highest BCUT2D eigenvalue weighted by molar-refractivity contribution is 5.84. The molecule has 1 saturated carbocycles. The predicted molar refractivity (Wildman–Crippen MR) is 66.1 cm³/mol. The first kappa shape index (κ1) is 11.4. The summed E-state index contributed by atoms with van der Waals surface area (Å²) in [5.41, 5.74) is -0.157. The van der Waals surface area contributed by atoms with Crippen LogP contribution in [0.2, 0.25) is 0 Å². The van der Waals surface area contributed by atoms with Crippen LogP contribution in [0.25, 0.3) is 11.1 Å². The molecule has 0 amide bonds. The maximum absolute atomic E-state index is 10.4. The number of hydrogen-bond donors (Lipinski definition) is 2. The van der Waals surface area contributed by atoms with Crippen LogP contribution < -0.4 is 5.32 Å². The van der Waals surface area contributed by atoms with Crippen LogP contribution >= 0.6 is 0 Å². The molecule has 2 aromatic rings. The zero-order valence-electron chi connectivity index (χ0n) is 10.1. The van der Waals surface area contributed by atoms with Gasteiger partial charge in [0.1, 0.15) is 17.5 Å². The number of fused-ring (bicyclic) bond motifs is 1. The van der Waals surface area contributed by atoms with Crippen molar-refractivity contribution in [1.29, 1.82) is 0 Å². The van der Waals surface area contributed by atoms with Crippen molar-refractivity contribution >= 4 is 16.9 Å². The van der Waals surface area contributed by atoms with Gasteiger partial charge in [0.05, 0.1) is 11.8 Å². The standard InChI is InChI=1S/C12H16N4O2/c17-12(4-2-1-3-5-12)7-13-10-9-6-16-18-11(9)15-8-14-10/h6,8,17H,1-5,7H2,(H,13,14,15). The second-order valence-corrected chi connectivity index (χ2v) is 4.91. The van der Waals surface area contributed by atoms with Crippen LogP contribution in [0.5, 0.6) is 0 Å². The lowest BCUT2D eigenvalue weighted by molar-refractivity contribution is 0.0167. The molecule has 96 valence electrons. The molecule has 2 aromatic heterocycles. The summed E-state index contributed by atoms with van der Waals surface area (Å²) in [6.45, 7) is 0.504. The maximum atomic E-state index is 10.4. The molecule has 6 nitrogen and oxygen atoms in total. The third kappa shape index (κ3) is 2.15. The van der Waals surface area contributed by atoms with Crippen molar-refractivity contribution < 1.29 is 9.63 Å². The molecule has 0 unspecified atom stereocenters. The Morgan fingerprint density at radius 2 is 2.11 bits per heavy atom. The van der Waals surface area contributed by atoms with Crippen LogP contribution in [-0.2, 0) is 0 Å². The van der Waals surface area contributed by atoms with Crippen LogP contribution in [0, 0.1) is 0 Å². The third-order valence-corrected chi connectivity index (χ3v) is 3.54. The SMILES string of the molecule is OC1(CNc2ncnc3oncc23)CCCCC1. The minimum atomic E-state index is -0.618. The molecule has 0 spiro atoms. The van der Waals surface area contributed by atoms with E-state index in [0.717, 1.165) is 31.1 Å². The topological polar surface area (TPSA) is 84.1 Å². The van der Waals surface area contributed by atoms with E-state index in [1.54, 1.807) is 6.20 Å². The first-order valence-corrected chi connectivity index (χ1v) is 6.29. The van der Waals surface area contributed by atoms with Crippen LogP contribution in [0.1, 0.15) is 32.1 Å². The Balaban J connectivity index is 1.74. The largest absolute Gasteiger partial charge is 0.388 e. The summed E-state index contributed by atoms with van der Waals surface area (Å²) in [5, 5.41) is 18.0. The predicted octanol–water partition coefficient (Wildman–Crippen LogP) is 1.72. The van der Waals surface area contributed by atoms with E-state index in [1.807, 2.05) is 0 Å². The first-order valence-electron chi connectivity index (χ1n) is 6.29. The molecule has 6 heteroatoms. The van der Waals surface area contributed by atoms with Crippen LogP contribution in [0.3, 0.4) is 0 Å². The minimum Gasteiger partial charge on any atom is -0.388 e. The Bertz CT molecular complexity index is 534. The Kier molecular flexibility index (Phi) is 2.87. The van der Waals surface area contributed by atoms with E-state index in [0.29, 0.717) is 18.1 Å². The summed E-state index contributed by atoms with van der Waals surface area (Å²) < 4.78 is 4.97. The van der Waals surface area contributed by atoms with Gasteiger partial charge in [0.2, 0.25) is 0 Å². The van der Waals surface area contributed by atoms with Crippen molar-refractivity contribution in [2.45, 2.75) is 37.7 Å². The van der Waals surface area contributed by atoms with E-state index >= 15 is 0 Å². The Hall–Kier alpha value is -1.69. The zero-order valence-corrected chi connectivity index (χ0v) is 10.1. The van der Waals surface area contributed by atoms with Gasteiger partial charge < -0.3 is 14.9 Å². The minimum absolute atomic E-state index is 0.461. The molecule has 0 aromatic carbocycles. The van der Waals surface area contributed by atoms with Crippen molar-refractivity contribution in [2.24, 2.45) is 0 Å². The quantitative estimate of drug-likeness (QED) is 0.860. The fraction of sp³-hybridized carbons (Fsp3) is 0.583. The Morgan fingerprint density at radius 1 is 1.28 bits per heavy atom. The molecule has 18 heavy (non-hydrogen) atoms. The summed E-state index contributed by atoms with van der Waals surface area (Å²) >= 11 is 0. The molecule has 1 aliphatic carbocycles. The summed E-state index contributed by atoms with van der Waals surface area (Å²) in [5.74, 6) is 0.667. The normalized spacial score (nSPS) is 18.9. The van der Waals surface area contributed by atoms with Crippen molar-refractivity contribution in [3.8, 4) is 0 Å². The molecular weight excluding hydrogens is 232 g/mol. The molecule has 0 radical (unpaired) electrons. The Morgan fingerprint density at radius 3 is 2.94 bits per heavy atom. The average Bonchev–Trinajstić information content (AvgIpc) is 2.86. The summed E-state index contributed by atoms with van der Waals surface area (Å²) in [6.07, 6.45) is 8.10. The molecule has 0 aliphatic heterocycles. The number of aromatic nitrogens is 3. The number of nitrogens with one attached hydrogen (secondary N) is 1. The molecule has 0 atom stereocenters. The lowest BCUT2D eigenvalue weighted by Crippen LogP contribution is -2.38. The van der Waals surface area contributed by atoms with Gasteiger partial charge in [0, 0.05) is 6.54 Å². The molecule has 0 saturated heterocycles. The van der Waals surface area contributed by atoms with Gasteiger partial charge in [-0.2, -0.15) is 4.98 Å². The average molecular weight is 248 g/mol. The summed E-state index contributed by atoms with van der Waals surface area (Å²) in [6, 6.07) is 0. The molecular formula is C12H16N4O2. The molecule has 1 fully saturated rings. The smallest absolute Gasteiger partial charge is 0.262 e. The van der Waals surface area contributed by atoms with E-state index < -0.39 is 5.60 Å². The monoisotopic (exact) mass is 248 g/mol. The highest BCUT2D eigenvalue weighted by Gasteiger charge is 2.29. The third-order valence-electron chi connectivity index (χ3n) is 3.54. The highest BCUT2D eigenvalue weighted by atomic mass is 16.5. The van der Waals surface area contributed by atoms with Gasteiger partial charge in [-0.1, -0.05) is 24.4 Å². The fourth-order valence-electron chi connectivity index (χ4n) is 2.47. The molecule has 1 aliphatic rings. The maximum Gasteiger partial charge on any atom is 0.262 e. The van der Waals surface area contributed by atoms with Gasteiger partial charge in [-0.3, -0.25) is 0 Å². The van der Waals surface area contributed by atoms with Crippen LogP contribution in [0.4, 0.5) is 5.82 Å². The van der Waals surface area contributed by atoms with Crippen molar-refractivity contribution in [1.82, 2.24) is 15.1 Å². The van der Waals surface area contributed by atoms with Gasteiger partial charge in [-0.15, -0.1) is 0 Å². The van der Waals surface area contributed by atoms with Gasteiger partial charge >= 0.3 is 0 Å². The van der Waals surface area contributed by atoms with Crippen molar-refractivity contribution in [3.05, 3.63) is 12.5 Å². The number of aliphatic hydroxyl groups is 1. The van der Waals surface area contributed by atoms with E-state index in [-0.39, 0.29) is 0 Å². The lowest BCUT2D eigenvalue weighted by Gasteiger charge is -2.32. The molecule has 0 bridgehead atoms. The number of hydrogen-bond acceptors (Lipinski definition) is 6. The van der Waals surface area contributed by atoms with E-state index in [1.165, 1.54) is 12.7 Å². The summed E-state index contributed by atoms with van der Waals surface area (Å²) in [7, 11) is 0. The van der Waals surface area contributed by atoms with Crippen LogP contribution in [-0.4, -0.2) is 32.4 Å². The summed E-state index contributed by atoms with van der Waals surface area (Å²) in [4.78, 5) is 8.13. The second kappa shape index (κ2) is 4.53. The van der Waals surface area contributed by atoms with Crippen molar-refractivity contribution in [3.63, 3.8) is 0 Å². The van der Waals surface area contributed by atoms with Gasteiger partial charge in [0.15, 0.2) is 0 Å². The first-order chi connectivity index (χ1) is 8.77. The second-order valence-electron chi connectivity index (χ2n) is 4.91. The van der Waals surface area contributed by atoms with Gasteiger partial charge in [-0.25, -0.2) is 4.98 Å². The van der Waals surface area contributed by atoms with Gasteiger partial charge in [-0.05, 0) is 12.8 Å². The van der Waals surface area contributed by atoms with E-state index in [2.05, 4.69) is 20.4 Å². The molecule has 2 heterocycles.